The summed E-state index contributed by atoms with van der Waals surface area (Å²) in [6.45, 7) is 5.63. The lowest BCUT2D eigenvalue weighted by Crippen LogP contribution is -2.39. The van der Waals surface area contributed by atoms with Crippen molar-refractivity contribution in [1.82, 2.24) is 4.90 Å². The number of rotatable bonds is 3. The van der Waals surface area contributed by atoms with Crippen LogP contribution < -0.4 is 0 Å². The molecular formula is C19H29NO. The molecule has 0 bridgehead atoms. The van der Waals surface area contributed by atoms with E-state index in [1.807, 2.05) is 0 Å². The van der Waals surface area contributed by atoms with Gasteiger partial charge in [0.25, 0.3) is 0 Å². The molecule has 1 aliphatic heterocycles. The highest BCUT2D eigenvalue weighted by Crippen LogP contribution is 2.44. The largest absolute Gasteiger partial charge is 0.385 e. The summed E-state index contributed by atoms with van der Waals surface area (Å²) in [6, 6.07) is 8.54. The molecule has 3 rings (SSSR count). The van der Waals surface area contributed by atoms with Crippen molar-refractivity contribution in [3.63, 3.8) is 0 Å². The van der Waals surface area contributed by atoms with Crippen molar-refractivity contribution >= 4 is 0 Å². The van der Waals surface area contributed by atoms with Crippen molar-refractivity contribution in [3.05, 3.63) is 35.4 Å². The van der Waals surface area contributed by atoms with E-state index in [1.165, 1.54) is 50.8 Å². The van der Waals surface area contributed by atoms with Crippen molar-refractivity contribution < 1.29 is 5.11 Å². The minimum absolute atomic E-state index is 0.401. The number of benzene rings is 1. The Hall–Kier alpha value is -0.860. The lowest BCUT2D eigenvalue weighted by Gasteiger charge is -2.34. The maximum absolute atomic E-state index is 11.3. The van der Waals surface area contributed by atoms with Gasteiger partial charge in [0.2, 0.25) is 0 Å². The molecule has 21 heavy (non-hydrogen) atoms. The van der Waals surface area contributed by atoms with E-state index in [1.54, 1.807) is 0 Å². The summed E-state index contributed by atoms with van der Waals surface area (Å²) in [6.07, 6.45) is 8.66. The maximum Gasteiger partial charge on any atom is 0.0936 e. The second-order valence-corrected chi connectivity index (χ2v) is 7.09. The standard InChI is InChI=1S/C19H29NO/c1-16-8-10-17(11-9-16)19(21)12-6-7-18(19)15-20-13-4-2-3-5-14-20/h8-11,18,21H,2-7,12-15H2,1H3. The molecule has 1 aromatic rings. The van der Waals surface area contributed by atoms with E-state index in [0.717, 1.165) is 24.9 Å². The van der Waals surface area contributed by atoms with Crippen LogP contribution in [-0.2, 0) is 5.60 Å². The van der Waals surface area contributed by atoms with Gasteiger partial charge < -0.3 is 10.0 Å². The van der Waals surface area contributed by atoms with Gasteiger partial charge in [-0.3, -0.25) is 0 Å². The predicted molar refractivity (Wildman–Crippen MR) is 87.3 cm³/mol. The van der Waals surface area contributed by atoms with Gasteiger partial charge in [-0.05, 0) is 57.7 Å². The molecule has 0 spiro atoms. The van der Waals surface area contributed by atoms with Crippen LogP contribution in [0.3, 0.4) is 0 Å². The summed E-state index contributed by atoms with van der Waals surface area (Å²) in [5.74, 6) is 0.401. The molecule has 0 aromatic heterocycles. The van der Waals surface area contributed by atoms with Gasteiger partial charge in [-0.1, -0.05) is 42.7 Å². The lowest BCUT2D eigenvalue weighted by atomic mass is 9.83. The second kappa shape index (κ2) is 6.50. The summed E-state index contributed by atoms with van der Waals surface area (Å²) in [5, 5.41) is 11.3. The summed E-state index contributed by atoms with van der Waals surface area (Å²) in [5.41, 5.74) is 1.80. The van der Waals surface area contributed by atoms with Gasteiger partial charge >= 0.3 is 0 Å². The molecule has 1 heterocycles. The van der Waals surface area contributed by atoms with Crippen molar-refractivity contribution in [2.45, 2.75) is 57.5 Å². The van der Waals surface area contributed by atoms with Gasteiger partial charge in [0.1, 0.15) is 0 Å². The van der Waals surface area contributed by atoms with Crippen LogP contribution in [-0.4, -0.2) is 29.6 Å². The number of hydrogen-bond acceptors (Lipinski definition) is 2. The van der Waals surface area contributed by atoms with Gasteiger partial charge in [-0.25, -0.2) is 0 Å². The van der Waals surface area contributed by atoms with E-state index in [-0.39, 0.29) is 0 Å². The predicted octanol–water partition coefficient (Wildman–Crippen LogP) is 3.86. The highest BCUT2D eigenvalue weighted by molar-refractivity contribution is 5.28. The maximum atomic E-state index is 11.3. The Morgan fingerprint density at radius 3 is 2.38 bits per heavy atom. The molecule has 1 saturated carbocycles. The molecule has 0 radical (unpaired) electrons. The number of likely N-dealkylation sites (tertiary alicyclic amines) is 1. The van der Waals surface area contributed by atoms with E-state index < -0.39 is 5.60 Å². The van der Waals surface area contributed by atoms with Crippen molar-refractivity contribution in [1.29, 1.82) is 0 Å². The fourth-order valence-corrected chi connectivity index (χ4v) is 4.16. The van der Waals surface area contributed by atoms with Crippen LogP contribution >= 0.6 is 0 Å². The summed E-state index contributed by atoms with van der Waals surface area (Å²) < 4.78 is 0. The first-order chi connectivity index (χ1) is 10.2. The Bertz CT molecular complexity index is 447. The number of hydrogen-bond donors (Lipinski definition) is 1. The third kappa shape index (κ3) is 3.32. The Kier molecular flexibility index (Phi) is 4.66. The molecule has 116 valence electrons. The van der Waals surface area contributed by atoms with Gasteiger partial charge in [0.05, 0.1) is 5.60 Å². The molecule has 1 aliphatic carbocycles. The van der Waals surface area contributed by atoms with E-state index in [0.29, 0.717) is 5.92 Å². The van der Waals surface area contributed by atoms with Gasteiger partial charge in [0.15, 0.2) is 0 Å². The molecule has 2 atom stereocenters. The SMILES string of the molecule is Cc1ccc(C2(O)CCCC2CN2CCCCCC2)cc1. The topological polar surface area (TPSA) is 23.5 Å². The number of aliphatic hydroxyl groups is 1. The first-order valence-corrected chi connectivity index (χ1v) is 8.70. The fraction of sp³-hybridized carbons (Fsp3) is 0.684. The zero-order chi connectivity index (χ0) is 14.7. The lowest BCUT2D eigenvalue weighted by molar-refractivity contribution is -0.0155. The molecule has 2 unspecified atom stereocenters. The molecule has 2 aliphatic rings. The van der Waals surface area contributed by atoms with E-state index in [2.05, 4.69) is 36.1 Å². The number of nitrogens with zero attached hydrogens (tertiary/aromatic N) is 1. The van der Waals surface area contributed by atoms with Crippen LogP contribution in [0.1, 0.15) is 56.1 Å². The highest BCUT2D eigenvalue weighted by atomic mass is 16.3. The van der Waals surface area contributed by atoms with Crippen LogP contribution in [0.4, 0.5) is 0 Å². The monoisotopic (exact) mass is 287 g/mol. The Labute approximate surface area is 129 Å². The Morgan fingerprint density at radius 1 is 1.05 bits per heavy atom. The quantitative estimate of drug-likeness (QED) is 0.912. The van der Waals surface area contributed by atoms with Crippen molar-refractivity contribution in [2.24, 2.45) is 5.92 Å². The fourth-order valence-electron chi connectivity index (χ4n) is 4.16. The third-order valence-electron chi connectivity index (χ3n) is 5.51. The zero-order valence-electron chi connectivity index (χ0n) is 13.4. The smallest absolute Gasteiger partial charge is 0.0936 e. The average molecular weight is 287 g/mol. The Balaban J connectivity index is 1.73. The molecule has 1 N–H and O–H groups in total. The average Bonchev–Trinajstić information content (AvgIpc) is 2.70. The molecule has 1 saturated heterocycles. The van der Waals surface area contributed by atoms with Crippen molar-refractivity contribution in [2.75, 3.05) is 19.6 Å². The van der Waals surface area contributed by atoms with Crippen LogP contribution in [0.5, 0.6) is 0 Å². The number of aryl methyl sites for hydroxylation is 1. The van der Waals surface area contributed by atoms with Crippen LogP contribution in [0.15, 0.2) is 24.3 Å². The molecule has 2 heteroatoms. The van der Waals surface area contributed by atoms with E-state index in [9.17, 15) is 5.11 Å². The minimum atomic E-state index is -0.597. The second-order valence-electron chi connectivity index (χ2n) is 7.09. The van der Waals surface area contributed by atoms with Crippen LogP contribution in [0.2, 0.25) is 0 Å². The third-order valence-corrected chi connectivity index (χ3v) is 5.51. The van der Waals surface area contributed by atoms with Gasteiger partial charge in [0, 0.05) is 12.5 Å². The van der Waals surface area contributed by atoms with Crippen LogP contribution in [0, 0.1) is 12.8 Å². The Morgan fingerprint density at radius 2 is 1.71 bits per heavy atom. The summed E-state index contributed by atoms with van der Waals surface area (Å²) in [7, 11) is 0. The zero-order valence-corrected chi connectivity index (χ0v) is 13.4. The molecule has 1 aromatic carbocycles. The molecule has 2 fully saturated rings. The normalized spacial score (nSPS) is 31.2. The first-order valence-electron chi connectivity index (χ1n) is 8.70. The van der Waals surface area contributed by atoms with Crippen LogP contribution in [0.25, 0.3) is 0 Å². The first kappa shape index (κ1) is 15.1. The van der Waals surface area contributed by atoms with Gasteiger partial charge in [-0.15, -0.1) is 0 Å². The van der Waals surface area contributed by atoms with E-state index in [4.69, 9.17) is 0 Å². The highest BCUT2D eigenvalue weighted by Gasteiger charge is 2.42. The van der Waals surface area contributed by atoms with E-state index >= 15 is 0 Å². The van der Waals surface area contributed by atoms with Gasteiger partial charge in [-0.2, -0.15) is 0 Å². The molecule has 0 amide bonds. The summed E-state index contributed by atoms with van der Waals surface area (Å²) in [4.78, 5) is 2.60. The minimum Gasteiger partial charge on any atom is -0.385 e. The molecule has 2 nitrogen and oxygen atoms in total. The summed E-state index contributed by atoms with van der Waals surface area (Å²) >= 11 is 0. The molecular weight excluding hydrogens is 258 g/mol. The van der Waals surface area contributed by atoms with Crippen molar-refractivity contribution in [3.8, 4) is 0 Å².